The van der Waals surface area contributed by atoms with E-state index in [-0.39, 0.29) is 18.7 Å². The molecule has 0 bridgehead atoms. The van der Waals surface area contributed by atoms with Gasteiger partial charge in [-0.25, -0.2) is 0 Å². The SMILES string of the molecule is COC(=O)CC1(CC(=O)OC)C(=O)N(CC(=O)O)CCN1C(=O)[C@@H](NC(=O)c1ccc(-c2noc(C)n2)cc1)C(c1ccc(OC)cc1)c1ccc(OC)cc1. The van der Waals surface area contributed by atoms with Crippen molar-refractivity contribution in [1.29, 1.82) is 0 Å². The molecule has 2 N–H and O–H groups in total. The molecule has 4 aromatic rings. The lowest BCUT2D eigenvalue weighted by Crippen LogP contribution is -2.71. The Hall–Kier alpha value is -6.78. The minimum absolute atomic E-state index is 0.146. The van der Waals surface area contributed by atoms with Crippen LogP contribution in [0.15, 0.2) is 77.3 Å². The average molecular weight is 772 g/mol. The third kappa shape index (κ3) is 8.77. The number of nitrogens with one attached hydrogen (secondary N) is 1. The number of methoxy groups -OCH3 is 4. The Morgan fingerprint density at radius 2 is 1.36 bits per heavy atom. The summed E-state index contributed by atoms with van der Waals surface area (Å²) in [4.78, 5) is 88.2. The molecule has 1 fully saturated rings. The van der Waals surface area contributed by atoms with Crippen LogP contribution in [0.4, 0.5) is 0 Å². The van der Waals surface area contributed by atoms with Crippen molar-refractivity contribution in [3.63, 3.8) is 0 Å². The number of aliphatic carboxylic acids is 1. The molecule has 0 aliphatic carbocycles. The summed E-state index contributed by atoms with van der Waals surface area (Å²) in [5.74, 6) is -5.09. The van der Waals surface area contributed by atoms with Crippen molar-refractivity contribution < 1.29 is 57.3 Å². The Morgan fingerprint density at radius 1 is 0.821 bits per heavy atom. The first-order valence-electron chi connectivity index (χ1n) is 17.3. The molecule has 0 spiro atoms. The summed E-state index contributed by atoms with van der Waals surface area (Å²) in [6, 6.07) is 18.3. The number of carboxylic acid groups (broad SMARTS) is 1. The zero-order valence-corrected chi connectivity index (χ0v) is 31.3. The second kappa shape index (κ2) is 17.6. The topological polar surface area (TPSA) is 217 Å². The Bertz CT molecular complexity index is 2000. The number of aromatic nitrogens is 2. The number of rotatable bonds is 15. The van der Waals surface area contributed by atoms with E-state index in [1.807, 2.05) is 0 Å². The Kier molecular flexibility index (Phi) is 12.7. The predicted molar refractivity (Wildman–Crippen MR) is 195 cm³/mol. The van der Waals surface area contributed by atoms with Crippen LogP contribution < -0.4 is 14.8 Å². The van der Waals surface area contributed by atoms with Gasteiger partial charge in [0.1, 0.15) is 29.6 Å². The smallest absolute Gasteiger partial charge is 0.323 e. The van der Waals surface area contributed by atoms with Gasteiger partial charge in [-0.3, -0.25) is 28.8 Å². The highest BCUT2D eigenvalue weighted by Crippen LogP contribution is 2.37. The van der Waals surface area contributed by atoms with Crippen molar-refractivity contribution in [2.45, 2.75) is 37.3 Å². The van der Waals surface area contributed by atoms with Gasteiger partial charge in [-0.2, -0.15) is 4.98 Å². The predicted octanol–water partition coefficient (Wildman–Crippen LogP) is 2.61. The van der Waals surface area contributed by atoms with Gasteiger partial charge < -0.3 is 43.7 Å². The van der Waals surface area contributed by atoms with Crippen molar-refractivity contribution >= 4 is 35.6 Å². The van der Waals surface area contributed by atoms with Gasteiger partial charge in [0.15, 0.2) is 0 Å². The summed E-state index contributed by atoms with van der Waals surface area (Å²) in [5.41, 5.74) is -0.510. The number of carboxylic acids is 1. The molecule has 1 aliphatic heterocycles. The summed E-state index contributed by atoms with van der Waals surface area (Å²) in [7, 11) is 5.13. The number of hydrogen-bond acceptors (Lipinski definition) is 13. The zero-order valence-electron chi connectivity index (χ0n) is 31.3. The van der Waals surface area contributed by atoms with Crippen LogP contribution in [0.3, 0.4) is 0 Å². The van der Waals surface area contributed by atoms with E-state index in [0.717, 1.165) is 24.0 Å². The summed E-state index contributed by atoms with van der Waals surface area (Å²) in [6.45, 7) is 0.274. The first-order chi connectivity index (χ1) is 26.8. The van der Waals surface area contributed by atoms with Crippen molar-refractivity contribution in [2.24, 2.45) is 0 Å². The third-order valence-electron chi connectivity index (χ3n) is 9.49. The van der Waals surface area contributed by atoms with E-state index in [9.17, 15) is 29.1 Å². The molecule has 17 nitrogen and oxygen atoms in total. The lowest BCUT2D eigenvalue weighted by atomic mass is 9.80. The molecular weight excluding hydrogens is 730 g/mol. The van der Waals surface area contributed by atoms with Crippen molar-refractivity contribution in [3.8, 4) is 22.9 Å². The molecule has 2 heterocycles. The molecule has 294 valence electrons. The number of aryl methyl sites for hydroxylation is 1. The molecule has 1 aromatic heterocycles. The van der Waals surface area contributed by atoms with Crippen LogP contribution >= 0.6 is 0 Å². The molecular formula is C39H41N5O12. The van der Waals surface area contributed by atoms with E-state index in [1.165, 1.54) is 26.4 Å². The van der Waals surface area contributed by atoms with Gasteiger partial charge in [0.05, 0.1) is 41.3 Å². The summed E-state index contributed by atoms with van der Waals surface area (Å²) >= 11 is 0. The van der Waals surface area contributed by atoms with Gasteiger partial charge in [-0.05, 0) is 47.5 Å². The summed E-state index contributed by atoms with van der Waals surface area (Å²) < 4.78 is 25.7. The molecule has 17 heteroatoms. The van der Waals surface area contributed by atoms with Crippen LogP contribution in [0.2, 0.25) is 0 Å². The van der Waals surface area contributed by atoms with Crippen molar-refractivity contribution in [1.82, 2.24) is 25.3 Å². The van der Waals surface area contributed by atoms with Gasteiger partial charge in [-0.15, -0.1) is 0 Å². The fourth-order valence-electron chi connectivity index (χ4n) is 6.67. The van der Waals surface area contributed by atoms with Crippen molar-refractivity contribution in [3.05, 3.63) is 95.4 Å². The van der Waals surface area contributed by atoms with E-state index in [1.54, 1.807) is 67.6 Å². The summed E-state index contributed by atoms with van der Waals surface area (Å²) in [6.07, 6.45) is -1.65. The highest BCUT2D eigenvalue weighted by molar-refractivity contribution is 6.03. The molecule has 3 aromatic carbocycles. The molecule has 1 saturated heterocycles. The largest absolute Gasteiger partial charge is 0.497 e. The van der Waals surface area contributed by atoms with E-state index >= 15 is 4.79 Å². The molecule has 0 radical (unpaired) electrons. The van der Waals surface area contributed by atoms with Gasteiger partial charge in [0.25, 0.3) is 5.91 Å². The highest BCUT2D eigenvalue weighted by Gasteiger charge is 2.56. The van der Waals surface area contributed by atoms with E-state index in [4.69, 9.17) is 23.5 Å². The maximum Gasteiger partial charge on any atom is 0.323 e. The number of hydrogen-bond donors (Lipinski definition) is 2. The van der Waals surface area contributed by atoms with Gasteiger partial charge in [0, 0.05) is 37.1 Å². The van der Waals surface area contributed by atoms with E-state index in [0.29, 0.717) is 39.9 Å². The average Bonchev–Trinajstić information content (AvgIpc) is 3.65. The summed E-state index contributed by atoms with van der Waals surface area (Å²) in [5, 5.41) is 16.4. The standard InChI is InChI=1S/C39H41N5O12/c1-23-40-35(42-56-23)26-6-8-27(9-7-26)36(49)41-34(33(24-10-14-28(52-2)15-11-24)25-12-16-29(53-3)17-13-25)37(50)44-19-18-43(22-30(45)46)38(51)39(44,20-31(47)54-4)21-32(48)55-5/h6-17,33-34H,18-22H2,1-5H3,(H,41,49)(H,45,46)/t34-/m0/s1. The van der Waals surface area contributed by atoms with Crippen LogP contribution in [0, 0.1) is 6.92 Å². The van der Waals surface area contributed by atoms with E-state index in [2.05, 4.69) is 15.5 Å². The fourth-order valence-corrected chi connectivity index (χ4v) is 6.67. The number of carbonyl (C=O) groups excluding carboxylic acids is 5. The lowest BCUT2D eigenvalue weighted by Gasteiger charge is -2.49. The number of ether oxygens (including phenoxy) is 4. The first kappa shape index (κ1) is 40.4. The number of benzene rings is 3. The number of nitrogens with zero attached hydrogens (tertiary/aromatic N) is 4. The van der Waals surface area contributed by atoms with Crippen LogP contribution in [-0.4, -0.2) is 120 Å². The molecule has 5 rings (SSSR count). The minimum atomic E-state index is -2.30. The van der Waals surface area contributed by atoms with Gasteiger partial charge >= 0.3 is 17.9 Å². The second-order valence-electron chi connectivity index (χ2n) is 12.8. The highest BCUT2D eigenvalue weighted by atomic mass is 16.5. The maximum atomic E-state index is 15.4. The van der Waals surface area contributed by atoms with Crippen LogP contribution in [0.1, 0.15) is 46.1 Å². The monoisotopic (exact) mass is 771 g/mol. The Balaban J connectivity index is 1.68. The molecule has 0 saturated carbocycles. The maximum absolute atomic E-state index is 15.4. The first-order valence-corrected chi connectivity index (χ1v) is 17.3. The number of piperazine rings is 1. The minimum Gasteiger partial charge on any atom is -0.497 e. The quantitative estimate of drug-likeness (QED) is 0.166. The van der Waals surface area contributed by atoms with Gasteiger partial charge in [-0.1, -0.05) is 41.6 Å². The zero-order chi connectivity index (χ0) is 40.6. The number of carbonyl (C=O) groups is 6. The van der Waals surface area contributed by atoms with E-state index < -0.39 is 72.5 Å². The van der Waals surface area contributed by atoms with Crippen LogP contribution in [-0.2, 0) is 33.4 Å². The van der Waals surface area contributed by atoms with Gasteiger partial charge in [0.2, 0.25) is 23.5 Å². The Morgan fingerprint density at radius 3 is 1.80 bits per heavy atom. The normalized spacial score (nSPS) is 14.1. The molecule has 3 amide bonds. The Labute approximate surface area is 321 Å². The molecule has 1 aliphatic rings. The molecule has 1 atom stereocenters. The van der Waals surface area contributed by atoms with Crippen LogP contribution in [0.25, 0.3) is 11.4 Å². The number of amides is 3. The second-order valence-corrected chi connectivity index (χ2v) is 12.8. The lowest BCUT2D eigenvalue weighted by molar-refractivity contribution is -0.173. The third-order valence-corrected chi connectivity index (χ3v) is 9.49. The van der Waals surface area contributed by atoms with Crippen molar-refractivity contribution in [2.75, 3.05) is 48.1 Å². The molecule has 56 heavy (non-hydrogen) atoms. The number of esters is 2. The van der Waals surface area contributed by atoms with Crippen LogP contribution in [0.5, 0.6) is 11.5 Å². The molecule has 0 unspecified atom stereocenters. The fraction of sp³-hybridized carbons (Fsp3) is 0.333.